The van der Waals surface area contributed by atoms with Gasteiger partial charge in [0.1, 0.15) is 12.1 Å². The number of Topliss-reactive ketones (excluding diaryl/α,β-unsaturated/α-hetero) is 1. The first kappa shape index (κ1) is 15.3. The molecule has 0 rings (SSSR count). The lowest BCUT2D eigenvalue weighted by Crippen LogP contribution is -2.11. The fraction of sp³-hybridized carbons (Fsp3) is 0.857. The van der Waals surface area contributed by atoms with Gasteiger partial charge in [-0.3, -0.25) is 4.79 Å². The molecule has 0 aromatic heterocycles. The van der Waals surface area contributed by atoms with E-state index in [-0.39, 0.29) is 5.92 Å². The molecule has 2 nitrogen and oxygen atoms in total. The Hall–Kier alpha value is -0.660. The van der Waals surface area contributed by atoms with E-state index < -0.39 is 0 Å². The fourth-order valence-corrected chi connectivity index (χ4v) is 1.82. The molecule has 0 saturated heterocycles. The van der Waals surface area contributed by atoms with E-state index in [1.165, 1.54) is 0 Å². The van der Waals surface area contributed by atoms with Crippen LogP contribution in [-0.2, 0) is 9.59 Å². The van der Waals surface area contributed by atoms with Crippen LogP contribution in [0.1, 0.15) is 65.7 Å². The quantitative estimate of drug-likeness (QED) is 0.531. The first-order valence-electron chi connectivity index (χ1n) is 6.58. The second-order valence-electron chi connectivity index (χ2n) is 4.91. The van der Waals surface area contributed by atoms with Crippen LogP contribution in [0, 0.1) is 11.8 Å². The van der Waals surface area contributed by atoms with Crippen molar-refractivity contribution in [1.29, 1.82) is 0 Å². The van der Waals surface area contributed by atoms with Gasteiger partial charge in [0.05, 0.1) is 0 Å². The van der Waals surface area contributed by atoms with E-state index >= 15 is 0 Å². The van der Waals surface area contributed by atoms with E-state index in [4.69, 9.17) is 0 Å². The Morgan fingerprint density at radius 1 is 1.19 bits per heavy atom. The predicted octanol–water partition coefficient (Wildman–Crippen LogP) is 3.78. The summed E-state index contributed by atoms with van der Waals surface area (Å²) in [6, 6.07) is 0. The van der Waals surface area contributed by atoms with Gasteiger partial charge in [-0.15, -0.1) is 0 Å². The van der Waals surface area contributed by atoms with E-state index in [2.05, 4.69) is 13.8 Å². The molecule has 0 amide bonds. The highest BCUT2D eigenvalue weighted by atomic mass is 16.1. The molecule has 94 valence electrons. The molecule has 2 unspecified atom stereocenters. The topological polar surface area (TPSA) is 34.1 Å². The Labute approximate surface area is 99.8 Å². The van der Waals surface area contributed by atoms with Crippen molar-refractivity contribution in [3.8, 4) is 0 Å². The summed E-state index contributed by atoms with van der Waals surface area (Å²) in [7, 11) is 0. The number of ketones is 1. The van der Waals surface area contributed by atoms with Crippen molar-refractivity contribution in [2.24, 2.45) is 11.8 Å². The van der Waals surface area contributed by atoms with Crippen molar-refractivity contribution in [3.05, 3.63) is 0 Å². The first-order valence-corrected chi connectivity index (χ1v) is 6.58. The lowest BCUT2D eigenvalue weighted by molar-refractivity contribution is -0.122. The number of hydrogen-bond donors (Lipinski definition) is 0. The summed E-state index contributed by atoms with van der Waals surface area (Å²) in [5, 5.41) is 0. The zero-order chi connectivity index (χ0) is 12.4. The molecular weight excluding hydrogens is 200 g/mol. The Balaban J connectivity index is 3.59. The molecule has 2 heteroatoms. The highest BCUT2D eigenvalue weighted by Gasteiger charge is 2.12. The first-order chi connectivity index (χ1) is 7.61. The lowest BCUT2D eigenvalue weighted by atomic mass is 9.94. The Bertz CT molecular complexity index is 199. The summed E-state index contributed by atoms with van der Waals surface area (Å²) in [6.07, 6.45) is 7.54. The van der Waals surface area contributed by atoms with E-state index in [1.807, 2.05) is 6.92 Å². The minimum atomic E-state index is 0.223. The zero-order valence-electron chi connectivity index (χ0n) is 11.0. The largest absolute Gasteiger partial charge is 0.303 e. The molecule has 0 aromatic carbocycles. The molecule has 0 bridgehead atoms. The number of aldehydes is 1. The highest BCUT2D eigenvalue weighted by Crippen LogP contribution is 2.15. The molecule has 2 atom stereocenters. The molecule has 0 radical (unpaired) electrons. The van der Waals surface area contributed by atoms with Gasteiger partial charge in [0, 0.05) is 18.8 Å². The SMILES string of the molecule is CCCCC(C)C(=O)CCCC(C)CC=O. The highest BCUT2D eigenvalue weighted by molar-refractivity contribution is 5.80. The number of carbonyl (C=O) groups is 2. The third-order valence-corrected chi connectivity index (χ3v) is 3.16. The van der Waals surface area contributed by atoms with Gasteiger partial charge < -0.3 is 4.79 Å². The van der Waals surface area contributed by atoms with Crippen LogP contribution in [0.2, 0.25) is 0 Å². The van der Waals surface area contributed by atoms with Gasteiger partial charge >= 0.3 is 0 Å². The molecule has 0 spiro atoms. The summed E-state index contributed by atoms with van der Waals surface area (Å²) >= 11 is 0. The summed E-state index contributed by atoms with van der Waals surface area (Å²) in [6.45, 7) is 6.25. The molecule has 0 fully saturated rings. The van der Waals surface area contributed by atoms with Crippen LogP contribution in [0.5, 0.6) is 0 Å². The minimum Gasteiger partial charge on any atom is -0.303 e. The van der Waals surface area contributed by atoms with E-state index in [0.29, 0.717) is 24.5 Å². The summed E-state index contributed by atoms with van der Waals surface area (Å²) in [4.78, 5) is 22.0. The van der Waals surface area contributed by atoms with E-state index in [0.717, 1.165) is 38.4 Å². The van der Waals surface area contributed by atoms with Crippen molar-refractivity contribution >= 4 is 12.1 Å². The molecule has 0 aliphatic rings. The van der Waals surface area contributed by atoms with E-state index in [9.17, 15) is 9.59 Å². The van der Waals surface area contributed by atoms with Crippen molar-refractivity contribution < 1.29 is 9.59 Å². The normalized spacial score (nSPS) is 14.4. The van der Waals surface area contributed by atoms with Crippen LogP contribution >= 0.6 is 0 Å². The predicted molar refractivity (Wildman–Crippen MR) is 67.4 cm³/mol. The Kier molecular flexibility index (Phi) is 9.16. The summed E-state index contributed by atoms with van der Waals surface area (Å²) in [5.41, 5.74) is 0. The molecule has 0 aliphatic heterocycles. The number of hydrogen-bond acceptors (Lipinski definition) is 2. The van der Waals surface area contributed by atoms with Gasteiger partial charge in [-0.05, 0) is 25.2 Å². The van der Waals surface area contributed by atoms with Gasteiger partial charge in [-0.25, -0.2) is 0 Å². The third kappa shape index (κ3) is 7.61. The van der Waals surface area contributed by atoms with E-state index in [1.54, 1.807) is 0 Å². The van der Waals surface area contributed by atoms with Gasteiger partial charge in [0.25, 0.3) is 0 Å². The lowest BCUT2D eigenvalue weighted by Gasteiger charge is -2.11. The number of carbonyl (C=O) groups excluding carboxylic acids is 2. The standard InChI is InChI=1S/C14H26O2/c1-4-5-8-13(3)14(16)9-6-7-12(2)10-11-15/h11-13H,4-10H2,1-3H3. The molecule has 0 saturated carbocycles. The fourth-order valence-electron chi connectivity index (χ4n) is 1.82. The smallest absolute Gasteiger partial charge is 0.135 e. The molecular formula is C14H26O2. The average molecular weight is 226 g/mol. The van der Waals surface area contributed by atoms with Gasteiger partial charge in [0.15, 0.2) is 0 Å². The van der Waals surface area contributed by atoms with Crippen molar-refractivity contribution in [1.82, 2.24) is 0 Å². The third-order valence-electron chi connectivity index (χ3n) is 3.16. The van der Waals surface area contributed by atoms with Crippen LogP contribution < -0.4 is 0 Å². The van der Waals surface area contributed by atoms with Crippen LogP contribution in [0.25, 0.3) is 0 Å². The Morgan fingerprint density at radius 2 is 1.88 bits per heavy atom. The van der Waals surface area contributed by atoms with Crippen molar-refractivity contribution in [3.63, 3.8) is 0 Å². The van der Waals surface area contributed by atoms with Crippen LogP contribution in [0.3, 0.4) is 0 Å². The maximum atomic E-state index is 11.7. The minimum absolute atomic E-state index is 0.223. The van der Waals surface area contributed by atoms with Crippen LogP contribution in [0.15, 0.2) is 0 Å². The average Bonchev–Trinajstić information content (AvgIpc) is 2.26. The van der Waals surface area contributed by atoms with Crippen molar-refractivity contribution in [2.75, 3.05) is 0 Å². The zero-order valence-corrected chi connectivity index (χ0v) is 11.0. The van der Waals surface area contributed by atoms with Gasteiger partial charge in [-0.1, -0.05) is 33.6 Å². The van der Waals surface area contributed by atoms with Crippen LogP contribution in [0.4, 0.5) is 0 Å². The second kappa shape index (κ2) is 9.56. The van der Waals surface area contributed by atoms with Gasteiger partial charge in [0.2, 0.25) is 0 Å². The molecule has 0 aromatic rings. The molecule has 0 aliphatic carbocycles. The maximum Gasteiger partial charge on any atom is 0.135 e. The van der Waals surface area contributed by atoms with Crippen LogP contribution in [-0.4, -0.2) is 12.1 Å². The van der Waals surface area contributed by atoms with Crippen molar-refractivity contribution in [2.45, 2.75) is 65.7 Å². The number of unbranched alkanes of at least 4 members (excludes halogenated alkanes) is 1. The Morgan fingerprint density at radius 3 is 2.44 bits per heavy atom. The van der Waals surface area contributed by atoms with Gasteiger partial charge in [-0.2, -0.15) is 0 Å². The monoisotopic (exact) mass is 226 g/mol. The molecule has 16 heavy (non-hydrogen) atoms. The second-order valence-corrected chi connectivity index (χ2v) is 4.91. The number of rotatable bonds is 10. The molecule has 0 heterocycles. The maximum absolute atomic E-state index is 11.7. The summed E-state index contributed by atoms with van der Waals surface area (Å²) < 4.78 is 0. The molecule has 0 N–H and O–H groups in total. The summed E-state index contributed by atoms with van der Waals surface area (Å²) in [5.74, 6) is 1.05.